The summed E-state index contributed by atoms with van der Waals surface area (Å²) in [7, 11) is 0. The number of likely N-dealkylation sites (tertiary alicyclic amines) is 1. The van der Waals surface area contributed by atoms with Gasteiger partial charge in [-0.15, -0.1) is 0 Å². The van der Waals surface area contributed by atoms with Crippen LogP contribution >= 0.6 is 0 Å². The van der Waals surface area contributed by atoms with Crippen LogP contribution in [0.3, 0.4) is 0 Å². The molecule has 0 spiro atoms. The number of rotatable bonds is 9. The molecule has 1 amide bonds. The van der Waals surface area contributed by atoms with Crippen LogP contribution in [0, 0.1) is 11.3 Å². The Morgan fingerprint density at radius 1 is 1.12 bits per heavy atom. The summed E-state index contributed by atoms with van der Waals surface area (Å²) in [5.74, 6) is 0.718. The smallest absolute Gasteiger partial charge is 0.248 e. The molecule has 1 aromatic heterocycles. The van der Waals surface area contributed by atoms with E-state index in [0.717, 1.165) is 62.5 Å². The Hall–Kier alpha value is -4.20. The molecule has 40 heavy (non-hydrogen) atoms. The summed E-state index contributed by atoms with van der Waals surface area (Å²) >= 11 is 0. The molecule has 0 unspecified atom stereocenters. The molecular formula is C30H34N6O4. The van der Waals surface area contributed by atoms with Crippen molar-refractivity contribution in [2.45, 2.75) is 31.7 Å². The van der Waals surface area contributed by atoms with E-state index in [-0.39, 0.29) is 11.9 Å². The molecule has 3 aromatic rings. The van der Waals surface area contributed by atoms with Gasteiger partial charge in [0.15, 0.2) is 0 Å². The third kappa shape index (κ3) is 6.68. The Kier molecular flexibility index (Phi) is 9.06. The molecule has 2 aliphatic rings. The van der Waals surface area contributed by atoms with E-state index in [9.17, 15) is 15.2 Å². The zero-order valence-corrected chi connectivity index (χ0v) is 22.5. The maximum Gasteiger partial charge on any atom is 0.248 e. The fourth-order valence-corrected chi connectivity index (χ4v) is 5.21. The van der Waals surface area contributed by atoms with E-state index < -0.39 is 6.61 Å². The number of nitriles is 1. The monoisotopic (exact) mass is 542 g/mol. The van der Waals surface area contributed by atoms with Crippen LogP contribution in [0.5, 0.6) is 5.75 Å². The Balaban J connectivity index is 1.22. The highest BCUT2D eigenvalue weighted by molar-refractivity contribution is 5.77. The molecule has 10 heteroatoms. The number of aromatic nitrogens is 2. The van der Waals surface area contributed by atoms with Crippen LogP contribution in [0.1, 0.15) is 31.2 Å². The summed E-state index contributed by atoms with van der Waals surface area (Å²) in [6.07, 6.45) is 5.22. The summed E-state index contributed by atoms with van der Waals surface area (Å²) in [6.45, 7) is 3.83. The van der Waals surface area contributed by atoms with Crippen molar-refractivity contribution in [3.63, 3.8) is 0 Å². The molecule has 10 nitrogen and oxygen atoms in total. The molecule has 2 fully saturated rings. The second kappa shape index (κ2) is 13.2. The van der Waals surface area contributed by atoms with Gasteiger partial charge in [-0.25, -0.2) is 9.97 Å². The topological polar surface area (TPSA) is 124 Å². The highest BCUT2D eigenvalue weighted by Gasteiger charge is 2.26. The lowest BCUT2D eigenvalue weighted by Crippen LogP contribution is -2.45. The molecule has 2 N–H and O–H groups in total. The fourth-order valence-electron chi connectivity index (χ4n) is 5.21. The Labute approximate surface area is 234 Å². The maximum absolute atomic E-state index is 12.1. The van der Waals surface area contributed by atoms with Gasteiger partial charge < -0.3 is 29.7 Å². The summed E-state index contributed by atoms with van der Waals surface area (Å²) < 4.78 is 11.4. The lowest BCUT2D eigenvalue weighted by molar-refractivity contribution is -0.138. The lowest BCUT2D eigenvalue weighted by atomic mass is 9.99. The quantitative estimate of drug-likeness (QED) is 0.416. The summed E-state index contributed by atoms with van der Waals surface area (Å²) in [5, 5.41) is 22.3. The van der Waals surface area contributed by atoms with Crippen LogP contribution in [0.2, 0.25) is 0 Å². The molecule has 3 heterocycles. The van der Waals surface area contributed by atoms with Crippen LogP contribution in [-0.2, 0) is 9.53 Å². The van der Waals surface area contributed by atoms with Gasteiger partial charge >= 0.3 is 0 Å². The number of hydrogen-bond donors (Lipinski definition) is 2. The first-order valence-electron chi connectivity index (χ1n) is 13.7. The highest BCUT2D eigenvalue weighted by atomic mass is 16.5. The van der Waals surface area contributed by atoms with Gasteiger partial charge in [-0.3, -0.25) is 4.79 Å². The SMILES string of the molecule is N#Cc1cc(-c2ccnc(Nc3ccc(N4CCOCC4)cc3)n2)ccc1OCC[C@H]1CCCCN1C(=O)CO. The largest absolute Gasteiger partial charge is 0.492 e. The van der Waals surface area contributed by atoms with Crippen LogP contribution in [-0.4, -0.2) is 78.0 Å². The van der Waals surface area contributed by atoms with Crippen LogP contribution < -0.4 is 15.0 Å². The Morgan fingerprint density at radius 3 is 2.73 bits per heavy atom. The first-order valence-corrected chi connectivity index (χ1v) is 13.7. The summed E-state index contributed by atoms with van der Waals surface area (Å²) in [5.41, 5.74) is 3.92. The Bertz CT molecular complexity index is 1340. The van der Waals surface area contributed by atoms with E-state index in [0.29, 0.717) is 42.5 Å². The number of amides is 1. The number of morpholine rings is 1. The van der Waals surface area contributed by atoms with Crippen molar-refractivity contribution in [2.75, 3.05) is 56.3 Å². The predicted octanol–water partition coefficient (Wildman–Crippen LogP) is 3.74. The first-order chi connectivity index (χ1) is 19.6. The van der Waals surface area contributed by atoms with Crippen LogP contribution in [0.25, 0.3) is 11.3 Å². The molecule has 2 aromatic carbocycles. The van der Waals surface area contributed by atoms with Gasteiger partial charge in [0.2, 0.25) is 11.9 Å². The third-order valence-electron chi connectivity index (χ3n) is 7.34. The highest BCUT2D eigenvalue weighted by Crippen LogP contribution is 2.28. The van der Waals surface area contributed by atoms with Gasteiger partial charge in [-0.1, -0.05) is 0 Å². The molecule has 0 saturated carbocycles. The molecule has 0 radical (unpaired) electrons. The zero-order valence-electron chi connectivity index (χ0n) is 22.5. The van der Waals surface area contributed by atoms with E-state index in [1.165, 1.54) is 0 Å². The molecule has 1 atom stereocenters. The number of hydrogen-bond acceptors (Lipinski definition) is 9. The number of carbonyl (C=O) groups excluding carboxylic acids is 1. The number of aliphatic hydroxyl groups is 1. The average molecular weight is 543 g/mol. The van der Waals surface area contributed by atoms with Gasteiger partial charge in [0.05, 0.1) is 31.1 Å². The lowest BCUT2D eigenvalue weighted by Gasteiger charge is -2.35. The number of anilines is 3. The van der Waals surface area contributed by atoms with Gasteiger partial charge in [0.25, 0.3) is 0 Å². The predicted molar refractivity (Wildman–Crippen MR) is 151 cm³/mol. The van der Waals surface area contributed by atoms with E-state index in [1.54, 1.807) is 29.3 Å². The number of benzene rings is 2. The van der Waals surface area contributed by atoms with Gasteiger partial charge in [0.1, 0.15) is 18.4 Å². The van der Waals surface area contributed by atoms with Crippen molar-refractivity contribution in [3.05, 3.63) is 60.3 Å². The van der Waals surface area contributed by atoms with E-state index in [2.05, 4.69) is 38.4 Å². The first kappa shape index (κ1) is 27.4. The minimum absolute atomic E-state index is 0.0423. The summed E-state index contributed by atoms with van der Waals surface area (Å²) in [6, 6.07) is 17.7. The van der Waals surface area contributed by atoms with Gasteiger partial charge in [-0.05, 0) is 67.8 Å². The minimum Gasteiger partial charge on any atom is -0.492 e. The van der Waals surface area contributed by atoms with Crippen molar-refractivity contribution in [2.24, 2.45) is 0 Å². The van der Waals surface area contributed by atoms with Crippen molar-refractivity contribution in [1.82, 2.24) is 14.9 Å². The van der Waals surface area contributed by atoms with Crippen molar-refractivity contribution >= 4 is 23.2 Å². The normalized spacial score (nSPS) is 17.2. The third-order valence-corrected chi connectivity index (χ3v) is 7.34. The molecule has 208 valence electrons. The van der Waals surface area contributed by atoms with E-state index >= 15 is 0 Å². The number of piperidine rings is 1. The minimum atomic E-state index is -0.473. The van der Waals surface area contributed by atoms with Crippen molar-refractivity contribution in [3.8, 4) is 23.1 Å². The maximum atomic E-state index is 12.1. The van der Waals surface area contributed by atoms with Crippen molar-refractivity contribution in [1.29, 1.82) is 5.26 Å². The molecule has 0 aliphatic carbocycles. The van der Waals surface area contributed by atoms with E-state index in [4.69, 9.17) is 9.47 Å². The number of nitrogens with one attached hydrogen (secondary N) is 1. The fraction of sp³-hybridized carbons (Fsp3) is 0.400. The number of aliphatic hydroxyl groups excluding tert-OH is 1. The number of ether oxygens (including phenoxy) is 2. The molecule has 2 aliphatic heterocycles. The Morgan fingerprint density at radius 2 is 1.95 bits per heavy atom. The molecular weight excluding hydrogens is 508 g/mol. The average Bonchev–Trinajstić information content (AvgIpc) is 3.02. The molecule has 5 rings (SSSR count). The van der Waals surface area contributed by atoms with Gasteiger partial charge in [-0.2, -0.15) is 5.26 Å². The molecule has 0 bridgehead atoms. The van der Waals surface area contributed by atoms with Crippen LogP contribution in [0.15, 0.2) is 54.7 Å². The van der Waals surface area contributed by atoms with E-state index in [1.807, 2.05) is 18.2 Å². The van der Waals surface area contributed by atoms with Gasteiger partial charge in [0, 0.05) is 55.2 Å². The standard InChI is InChI=1S/C30H34N6O4/c31-20-23-19-22(4-9-28(23)40-16-11-26-3-1-2-13-36(26)29(38)21-37)27-10-12-32-30(34-27)33-24-5-7-25(8-6-24)35-14-17-39-18-15-35/h4-10,12,19,26,37H,1-3,11,13-18,21H2,(H,32,33,34)/t26-/m1/s1. The summed E-state index contributed by atoms with van der Waals surface area (Å²) in [4.78, 5) is 25.1. The molecule has 2 saturated heterocycles. The zero-order chi connectivity index (χ0) is 27.7. The van der Waals surface area contributed by atoms with Crippen molar-refractivity contribution < 1.29 is 19.4 Å². The van der Waals surface area contributed by atoms with Crippen LogP contribution in [0.4, 0.5) is 17.3 Å². The second-order valence-corrected chi connectivity index (χ2v) is 9.89. The number of carbonyl (C=O) groups is 1. The second-order valence-electron chi connectivity index (χ2n) is 9.89. The number of nitrogens with zero attached hydrogens (tertiary/aromatic N) is 5.